The first-order chi connectivity index (χ1) is 10.1. The largest absolute Gasteiger partial charge is 0.492 e. The molecule has 1 amide bonds. The van der Waals surface area contributed by atoms with Crippen LogP contribution in [0.2, 0.25) is 5.02 Å². The number of carbonyl (C=O) groups is 1. The fourth-order valence-corrected chi connectivity index (χ4v) is 2.81. The zero-order valence-corrected chi connectivity index (χ0v) is 13.6. The Morgan fingerprint density at radius 3 is 2.86 bits per heavy atom. The highest BCUT2D eigenvalue weighted by Gasteiger charge is 2.31. The van der Waals surface area contributed by atoms with Gasteiger partial charge in [-0.05, 0) is 24.9 Å². The number of hydrogen-bond acceptors (Lipinski definition) is 3. The Hall–Kier alpha value is -1.26. The molecule has 1 aromatic rings. The van der Waals surface area contributed by atoms with Gasteiger partial charge in [0.15, 0.2) is 0 Å². The average Bonchev–Trinajstić information content (AvgIpc) is 2.73. The molecule has 1 aliphatic heterocycles. The molecular formula is C16H23ClN2O2. The molecule has 0 saturated carbocycles. The average molecular weight is 311 g/mol. The fourth-order valence-electron chi connectivity index (χ4n) is 2.59. The number of carbonyl (C=O) groups excluding carboxylic acids is 1. The molecule has 0 fully saturated rings. The number of fused-ring (bicyclic) bond motifs is 1. The van der Waals surface area contributed by atoms with Gasteiger partial charge in [0.25, 0.3) is 0 Å². The molecule has 0 aliphatic carbocycles. The van der Waals surface area contributed by atoms with Gasteiger partial charge in [0, 0.05) is 17.3 Å². The minimum absolute atomic E-state index is 0.0422. The molecule has 2 unspecified atom stereocenters. The monoisotopic (exact) mass is 310 g/mol. The molecule has 2 N–H and O–H groups in total. The highest BCUT2D eigenvalue weighted by atomic mass is 35.5. The van der Waals surface area contributed by atoms with Crippen LogP contribution in [-0.2, 0) is 4.79 Å². The number of anilines is 1. The second-order valence-corrected chi connectivity index (χ2v) is 5.96. The maximum Gasteiger partial charge on any atom is 0.246 e. The number of halogens is 1. The Morgan fingerprint density at radius 1 is 1.43 bits per heavy atom. The second-order valence-electron chi connectivity index (χ2n) is 5.55. The third kappa shape index (κ3) is 3.69. The van der Waals surface area contributed by atoms with E-state index in [0.29, 0.717) is 23.3 Å². The number of ether oxygens (including phenoxy) is 1. The summed E-state index contributed by atoms with van der Waals surface area (Å²) in [4.78, 5) is 11.9. The van der Waals surface area contributed by atoms with Crippen molar-refractivity contribution in [1.29, 1.82) is 0 Å². The van der Waals surface area contributed by atoms with Crippen molar-refractivity contribution < 1.29 is 9.53 Å². The predicted molar refractivity (Wildman–Crippen MR) is 86.1 cm³/mol. The van der Waals surface area contributed by atoms with Crippen LogP contribution in [0.25, 0.3) is 0 Å². The van der Waals surface area contributed by atoms with Crippen molar-refractivity contribution in [3.8, 4) is 5.75 Å². The van der Waals surface area contributed by atoms with Gasteiger partial charge >= 0.3 is 0 Å². The molecule has 4 nitrogen and oxygen atoms in total. The van der Waals surface area contributed by atoms with Crippen molar-refractivity contribution in [2.75, 3.05) is 18.5 Å². The van der Waals surface area contributed by atoms with Crippen molar-refractivity contribution in [3.05, 3.63) is 22.7 Å². The zero-order valence-electron chi connectivity index (χ0n) is 12.8. The van der Waals surface area contributed by atoms with Gasteiger partial charge in [-0.3, -0.25) is 4.79 Å². The van der Waals surface area contributed by atoms with E-state index < -0.39 is 0 Å². The van der Waals surface area contributed by atoms with Gasteiger partial charge in [0.1, 0.15) is 11.8 Å². The smallest absolute Gasteiger partial charge is 0.246 e. The minimum Gasteiger partial charge on any atom is -0.492 e. The van der Waals surface area contributed by atoms with Crippen molar-refractivity contribution in [2.45, 2.75) is 39.7 Å². The number of rotatable bonds is 7. The van der Waals surface area contributed by atoms with Gasteiger partial charge in [-0.1, -0.05) is 38.8 Å². The molecule has 2 atom stereocenters. The van der Waals surface area contributed by atoms with Gasteiger partial charge in [0.05, 0.1) is 11.6 Å². The SMILES string of the molecule is CCCC(C)COc1cc2c(cc1Cl)C(NCC)C(=O)N2. The van der Waals surface area contributed by atoms with Crippen LogP contribution in [0, 0.1) is 5.92 Å². The predicted octanol–water partition coefficient (Wildman–Crippen LogP) is 3.76. The maximum absolute atomic E-state index is 11.9. The van der Waals surface area contributed by atoms with E-state index in [1.54, 1.807) is 0 Å². The van der Waals surface area contributed by atoms with Gasteiger partial charge < -0.3 is 15.4 Å². The van der Waals surface area contributed by atoms with Gasteiger partial charge in [-0.2, -0.15) is 0 Å². The summed E-state index contributed by atoms with van der Waals surface area (Å²) in [6, 6.07) is 3.32. The Bertz CT molecular complexity index is 519. The van der Waals surface area contributed by atoms with Crippen molar-refractivity contribution in [3.63, 3.8) is 0 Å². The molecule has 0 radical (unpaired) electrons. The Kier molecular flexibility index (Phi) is 5.48. The Morgan fingerprint density at radius 2 is 2.19 bits per heavy atom. The lowest BCUT2D eigenvalue weighted by Gasteiger charge is -2.15. The van der Waals surface area contributed by atoms with E-state index >= 15 is 0 Å². The summed E-state index contributed by atoms with van der Waals surface area (Å²) in [5, 5.41) is 6.58. The number of likely N-dealkylation sites (N-methyl/N-ethyl adjacent to an activating group) is 1. The van der Waals surface area contributed by atoms with Crippen LogP contribution < -0.4 is 15.4 Å². The number of benzene rings is 1. The number of amides is 1. The minimum atomic E-state index is -0.324. The van der Waals surface area contributed by atoms with Crippen LogP contribution in [0.1, 0.15) is 45.2 Å². The van der Waals surface area contributed by atoms with Crippen LogP contribution in [-0.4, -0.2) is 19.1 Å². The third-order valence-electron chi connectivity index (χ3n) is 3.65. The summed E-state index contributed by atoms with van der Waals surface area (Å²) in [6.45, 7) is 7.65. The summed E-state index contributed by atoms with van der Waals surface area (Å²) in [6.07, 6.45) is 2.27. The Labute approximate surface area is 131 Å². The molecule has 1 aliphatic rings. The highest BCUT2D eigenvalue weighted by Crippen LogP contribution is 2.38. The molecule has 5 heteroatoms. The van der Waals surface area contributed by atoms with Gasteiger partial charge in [-0.15, -0.1) is 0 Å². The quantitative estimate of drug-likeness (QED) is 0.806. The summed E-state index contributed by atoms with van der Waals surface area (Å²) in [7, 11) is 0. The molecule has 2 rings (SSSR count). The highest BCUT2D eigenvalue weighted by molar-refractivity contribution is 6.32. The molecule has 0 saturated heterocycles. The Balaban J connectivity index is 2.13. The molecule has 21 heavy (non-hydrogen) atoms. The van der Waals surface area contributed by atoms with Crippen LogP contribution in [0.4, 0.5) is 5.69 Å². The van der Waals surface area contributed by atoms with Crippen LogP contribution in [0.5, 0.6) is 5.75 Å². The van der Waals surface area contributed by atoms with E-state index in [4.69, 9.17) is 16.3 Å². The van der Waals surface area contributed by atoms with Crippen molar-refractivity contribution >= 4 is 23.2 Å². The summed E-state index contributed by atoms with van der Waals surface area (Å²) in [5.41, 5.74) is 1.68. The number of hydrogen-bond donors (Lipinski definition) is 2. The lowest BCUT2D eigenvalue weighted by Crippen LogP contribution is -2.27. The first-order valence-electron chi connectivity index (χ1n) is 7.57. The molecule has 0 bridgehead atoms. The van der Waals surface area contributed by atoms with Crippen molar-refractivity contribution in [2.24, 2.45) is 5.92 Å². The van der Waals surface area contributed by atoms with Gasteiger partial charge in [-0.25, -0.2) is 0 Å². The molecule has 0 spiro atoms. The van der Waals surface area contributed by atoms with Gasteiger partial charge in [0.2, 0.25) is 5.91 Å². The summed E-state index contributed by atoms with van der Waals surface area (Å²) in [5.74, 6) is 1.08. The number of nitrogens with one attached hydrogen (secondary N) is 2. The van der Waals surface area contributed by atoms with E-state index in [1.807, 2.05) is 19.1 Å². The summed E-state index contributed by atoms with van der Waals surface area (Å²) < 4.78 is 5.80. The van der Waals surface area contributed by atoms with Crippen LogP contribution >= 0.6 is 11.6 Å². The van der Waals surface area contributed by atoms with Crippen molar-refractivity contribution in [1.82, 2.24) is 5.32 Å². The molecule has 0 aromatic heterocycles. The zero-order chi connectivity index (χ0) is 15.4. The fraction of sp³-hybridized carbons (Fsp3) is 0.562. The topological polar surface area (TPSA) is 50.4 Å². The van der Waals surface area contributed by atoms with E-state index in [9.17, 15) is 4.79 Å². The lowest BCUT2D eigenvalue weighted by molar-refractivity contribution is -0.117. The lowest BCUT2D eigenvalue weighted by atomic mass is 10.1. The second kappa shape index (κ2) is 7.14. The standard InChI is InChI=1S/C16H23ClN2O2/c1-4-6-10(3)9-21-14-8-13-11(7-12(14)17)15(18-5-2)16(20)19-13/h7-8,10,15,18H,4-6,9H2,1-3H3,(H,19,20). The van der Waals surface area contributed by atoms with E-state index in [1.165, 1.54) is 0 Å². The summed E-state index contributed by atoms with van der Waals surface area (Å²) >= 11 is 6.29. The third-order valence-corrected chi connectivity index (χ3v) is 3.94. The normalized spacial score (nSPS) is 18.3. The van der Waals surface area contributed by atoms with Crippen LogP contribution in [0.15, 0.2) is 12.1 Å². The van der Waals surface area contributed by atoms with E-state index in [0.717, 1.165) is 30.6 Å². The first kappa shape index (κ1) is 16.1. The maximum atomic E-state index is 11.9. The molecule has 1 heterocycles. The van der Waals surface area contributed by atoms with Crippen LogP contribution in [0.3, 0.4) is 0 Å². The first-order valence-corrected chi connectivity index (χ1v) is 7.95. The molecule has 116 valence electrons. The van der Waals surface area contributed by atoms with E-state index in [-0.39, 0.29) is 11.9 Å². The molecule has 1 aromatic carbocycles. The van der Waals surface area contributed by atoms with E-state index in [2.05, 4.69) is 24.5 Å². The molecular weight excluding hydrogens is 288 g/mol.